The quantitative estimate of drug-likeness (QED) is 0.238. The van der Waals surface area contributed by atoms with Crippen LogP contribution in [0.1, 0.15) is 109 Å². The Bertz CT molecular complexity index is 1940. The molecule has 3 heterocycles. The van der Waals surface area contributed by atoms with E-state index in [9.17, 15) is 55.1 Å². The van der Waals surface area contributed by atoms with Gasteiger partial charge in [0.15, 0.2) is 5.41 Å². The molecule has 6 rings (SSSR count). The van der Waals surface area contributed by atoms with E-state index in [1.165, 1.54) is 25.2 Å². The summed E-state index contributed by atoms with van der Waals surface area (Å²) in [4.78, 5) is 91.6. The monoisotopic (exact) mass is 947 g/mol. The molecule has 2 saturated heterocycles. The smallest absolute Gasteiger partial charge is 0.403 e. The van der Waals surface area contributed by atoms with Gasteiger partial charge in [-0.1, -0.05) is 51.1 Å². The Kier molecular flexibility index (Phi) is 15.6. The molecule has 0 unspecified atom stereocenters. The predicted octanol–water partition coefficient (Wildman–Crippen LogP) is 5.29. The molecule has 0 aromatic carbocycles. The van der Waals surface area contributed by atoms with Gasteiger partial charge in [0.25, 0.3) is 5.92 Å². The molecule has 0 spiro atoms. The molecule has 6 amide bonds. The van der Waals surface area contributed by atoms with Gasteiger partial charge in [-0.3, -0.25) is 28.8 Å². The third-order valence-corrected chi connectivity index (χ3v) is 13.4. The highest BCUT2D eigenvalue weighted by Crippen LogP contribution is 2.61. The molecular formula is C44H60ClF6N7O7. The second-order valence-corrected chi connectivity index (χ2v) is 19.5. The number of likely N-dealkylation sites (N-methyl/N-ethyl adjacent to an activating group) is 2. The van der Waals surface area contributed by atoms with E-state index in [2.05, 4.69) is 20.9 Å². The van der Waals surface area contributed by atoms with E-state index in [1.807, 2.05) is 13.8 Å². The van der Waals surface area contributed by atoms with Crippen molar-refractivity contribution in [2.75, 3.05) is 27.2 Å². The zero-order valence-electron chi connectivity index (χ0n) is 37.2. The first-order chi connectivity index (χ1) is 30.5. The first-order valence-electron chi connectivity index (χ1n) is 22.6. The topological polar surface area (TPSA) is 170 Å². The summed E-state index contributed by atoms with van der Waals surface area (Å²) in [6.07, 6.45) is -4.13. The molecule has 14 nitrogen and oxygen atoms in total. The summed E-state index contributed by atoms with van der Waals surface area (Å²) in [5, 5.41) is 8.65. The Morgan fingerprint density at radius 1 is 1.02 bits per heavy atom. The third-order valence-electron chi connectivity index (χ3n) is 13.2. The predicted molar refractivity (Wildman–Crippen MR) is 224 cm³/mol. The minimum absolute atomic E-state index is 0.00191. The SMILES string of the molecule is CC(C)C[C@@H]1NC(=O)[C@@H](N(C)C(=O)[C@@H](NC(=O)[C@@H]2C[C@@H](F)CN2C(=O)C2(C(F)(F)F)CC(F)(F)C2)C2CC2)CCCCCCCNC(=O)[C@H](Cc2cc(Cl)cnc2OC2CC2)N(C)C1=O. The maximum Gasteiger partial charge on any atom is 0.403 e. The normalized spacial score (nSPS) is 27.3. The molecule has 362 valence electrons. The molecule has 21 heteroatoms. The molecule has 65 heavy (non-hydrogen) atoms. The van der Waals surface area contributed by atoms with Crippen LogP contribution in [0.15, 0.2) is 12.3 Å². The fourth-order valence-corrected chi connectivity index (χ4v) is 9.31. The van der Waals surface area contributed by atoms with Crippen molar-refractivity contribution >= 4 is 47.0 Å². The van der Waals surface area contributed by atoms with Crippen LogP contribution in [-0.4, -0.2) is 137 Å². The lowest BCUT2D eigenvalue weighted by atomic mass is 9.64. The first-order valence-corrected chi connectivity index (χ1v) is 23.0. The number of nitrogens with zero attached hydrogens (tertiary/aromatic N) is 4. The first kappa shape index (κ1) is 50.1. The summed E-state index contributed by atoms with van der Waals surface area (Å²) in [5.41, 5.74) is -2.97. The molecule has 0 bridgehead atoms. The molecule has 6 atom stereocenters. The molecule has 5 aliphatic rings. The second kappa shape index (κ2) is 20.2. The number of likely N-dealkylation sites (tertiary alicyclic amines) is 1. The van der Waals surface area contributed by atoms with Gasteiger partial charge in [-0.2, -0.15) is 13.2 Å². The van der Waals surface area contributed by atoms with Crippen LogP contribution in [0.4, 0.5) is 26.3 Å². The summed E-state index contributed by atoms with van der Waals surface area (Å²) in [6, 6.07) is -4.90. The maximum absolute atomic E-state index is 14.9. The van der Waals surface area contributed by atoms with Crippen LogP contribution >= 0.6 is 11.6 Å². The second-order valence-electron chi connectivity index (χ2n) is 19.0. The number of amides is 6. The number of alkyl halides is 6. The van der Waals surface area contributed by atoms with E-state index in [0.717, 1.165) is 30.6 Å². The summed E-state index contributed by atoms with van der Waals surface area (Å²) in [7, 11) is 2.84. The van der Waals surface area contributed by atoms with E-state index in [1.54, 1.807) is 6.07 Å². The highest BCUT2D eigenvalue weighted by atomic mass is 35.5. The number of aromatic nitrogens is 1. The van der Waals surface area contributed by atoms with Crippen molar-refractivity contribution in [3.8, 4) is 5.88 Å². The van der Waals surface area contributed by atoms with E-state index in [-0.39, 0.29) is 31.3 Å². The largest absolute Gasteiger partial charge is 0.474 e. The van der Waals surface area contributed by atoms with Crippen molar-refractivity contribution in [2.24, 2.45) is 17.3 Å². The van der Waals surface area contributed by atoms with Crippen LogP contribution in [-0.2, 0) is 35.2 Å². The Balaban J connectivity index is 1.22. The fraction of sp³-hybridized carbons (Fsp3) is 0.750. The number of ether oxygens (including phenoxy) is 1. The average Bonchev–Trinajstić information content (AvgIpc) is 4.17. The Morgan fingerprint density at radius 3 is 2.29 bits per heavy atom. The molecule has 1 aromatic rings. The van der Waals surface area contributed by atoms with Gasteiger partial charge in [-0.05, 0) is 62.8 Å². The van der Waals surface area contributed by atoms with Gasteiger partial charge in [-0.15, -0.1) is 0 Å². The van der Waals surface area contributed by atoms with Gasteiger partial charge in [0.05, 0.1) is 11.6 Å². The summed E-state index contributed by atoms with van der Waals surface area (Å²) >= 11 is 6.34. The molecule has 3 aliphatic carbocycles. The van der Waals surface area contributed by atoms with Crippen LogP contribution < -0.4 is 20.7 Å². The van der Waals surface area contributed by atoms with Gasteiger partial charge >= 0.3 is 6.18 Å². The van der Waals surface area contributed by atoms with E-state index < -0.39 is 121 Å². The van der Waals surface area contributed by atoms with E-state index in [4.69, 9.17) is 16.3 Å². The number of carbonyl (C=O) groups is 6. The molecule has 5 fully saturated rings. The van der Waals surface area contributed by atoms with Crippen LogP contribution in [0, 0.1) is 17.3 Å². The van der Waals surface area contributed by atoms with Crippen molar-refractivity contribution < 1.29 is 59.8 Å². The van der Waals surface area contributed by atoms with Crippen LogP contribution in [0.5, 0.6) is 5.88 Å². The van der Waals surface area contributed by atoms with Crippen molar-refractivity contribution in [1.29, 1.82) is 0 Å². The Hall–Kier alpha value is -4.36. The standard InChI is InChI=1S/C44H60ClF6N7O7/c1-24(2)16-30-39(62)57(4)32(18-26-17-27(45)20-53-38(26)65-29-13-14-29)35(59)52-15-9-7-5-6-8-10-31(36(60)54-30)56(3)40(63)34(25-11-12-25)55-37(61)33-19-28(46)21-58(33)41(64)42(44(49,50)51)22-43(47,48)23-42/h17,20,24-25,28-34H,5-16,18-19,21-23H2,1-4H3,(H,52,59)(H,54,60)(H,55,61)/t28-,30+,31+,32+,33+,34+/m1/s1. The maximum atomic E-state index is 14.9. The van der Waals surface area contributed by atoms with Gasteiger partial charge in [0.2, 0.25) is 41.3 Å². The van der Waals surface area contributed by atoms with Crippen LogP contribution in [0.2, 0.25) is 5.02 Å². The average molecular weight is 948 g/mol. The zero-order chi connectivity index (χ0) is 47.6. The van der Waals surface area contributed by atoms with E-state index >= 15 is 0 Å². The van der Waals surface area contributed by atoms with Gasteiger partial charge < -0.3 is 35.4 Å². The molecule has 3 saturated carbocycles. The molecule has 2 aliphatic heterocycles. The van der Waals surface area contributed by atoms with Gasteiger partial charge in [0, 0.05) is 58.1 Å². The zero-order valence-corrected chi connectivity index (χ0v) is 37.9. The van der Waals surface area contributed by atoms with Crippen LogP contribution in [0.3, 0.4) is 0 Å². The van der Waals surface area contributed by atoms with E-state index in [0.29, 0.717) is 60.0 Å². The van der Waals surface area contributed by atoms with Crippen LogP contribution in [0.25, 0.3) is 0 Å². The van der Waals surface area contributed by atoms with Gasteiger partial charge in [0.1, 0.15) is 42.5 Å². The summed E-state index contributed by atoms with van der Waals surface area (Å²) in [5.74, 6) is -9.40. The molecule has 3 N–H and O–H groups in total. The van der Waals surface area contributed by atoms with Gasteiger partial charge in [-0.25, -0.2) is 18.2 Å². The number of hydrogen-bond acceptors (Lipinski definition) is 8. The highest BCUT2D eigenvalue weighted by molar-refractivity contribution is 6.30. The summed E-state index contributed by atoms with van der Waals surface area (Å²) < 4.78 is 91.1. The number of halogens is 7. The molecule has 0 radical (unpaired) electrons. The minimum Gasteiger partial charge on any atom is -0.474 e. The number of pyridine rings is 1. The summed E-state index contributed by atoms with van der Waals surface area (Å²) in [6.45, 7) is 3.13. The Labute approximate surface area is 379 Å². The lowest BCUT2D eigenvalue weighted by Gasteiger charge is -2.48. The van der Waals surface area contributed by atoms with Crippen molar-refractivity contribution in [3.63, 3.8) is 0 Å². The Morgan fingerprint density at radius 2 is 1.68 bits per heavy atom. The minimum atomic E-state index is -5.39. The van der Waals surface area contributed by atoms with Crippen molar-refractivity contribution in [1.82, 2.24) is 35.6 Å². The van der Waals surface area contributed by atoms with Crippen molar-refractivity contribution in [3.05, 3.63) is 22.8 Å². The number of carbonyl (C=O) groups excluding carboxylic acids is 6. The fourth-order valence-electron chi connectivity index (χ4n) is 9.13. The number of nitrogens with one attached hydrogen (secondary N) is 3. The number of hydrogen-bond donors (Lipinski definition) is 3. The van der Waals surface area contributed by atoms with Crippen molar-refractivity contribution in [2.45, 2.75) is 165 Å². The molecular weight excluding hydrogens is 888 g/mol. The highest BCUT2D eigenvalue weighted by Gasteiger charge is 2.75. The third kappa shape index (κ3) is 12.0. The lowest BCUT2D eigenvalue weighted by molar-refractivity contribution is -0.299. The lowest BCUT2D eigenvalue weighted by Crippen LogP contribution is -2.65. The number of rotatable bonds is 12. The molecule has 1 aromatic heterocycles.